The van der Waals surface area contributed by atoms with Crippen molar-refractivity contribution in [2.45, 2.75) is 32.4 Å². The largest absolute Gasteiger partial charge is 0.301 e. The Morgan fingerprint density at radius 3 is 2.61 bits per heavy atom. The van der Waals surface area contributed by atoms with E-state index in [0.717, 1.165) is 16.5 Å². The van der Waals surface area contributed by atoms with Crippen LogP contribution < -0.4 is 5.32 Å². The highest BCUT2D eigenvalue weighted by atomic mass is 35.5. The third kappa shape index (κ3) is 3.31. The van der Waals surface area contributed by atoms with Crippen molar-refractivity contribution >= 4 is 22.9 Å². The highest BCUT2D eigenvalue weighted by molar-refractivity contribution is 7.09. The molecule has 0 bridgehead atoms. The molecule has 2 unspecified atom stereocenters. The van der Waals surface area contributed by atoms with Crippen LogP contribution in [0.25, 0.3) is 0 Å². The second-order valence-corrected chi connectivity index (χ2v) is 5.63. The Morgan fingerprint density at radius 1 is 1.33 bits per heavy atom. The summed E-state index contributed by atoms with van der Waals surface area (Å²) >= 11 is 7.60. The minimum atomic E-state index is 0.288. The van der Waals surface area contributed by atoms with Crippen LogP contribution in [0.3, 0.4) is 0 Å². The van der Waals surface area contributed by atoms with Crippen LogP contribution in [0.2, 0.25) is 5.02 Å². The number of rotatable bonds is 5. The van der Waals surface area contributed by atoms with Gasteiger partial charge in [-0.3, -0.25) is 0 Å². The Balaban J connectivity index is 2.05. The SMILES string of the molecule is CCC(NC(C)c1ccc(Cl)cc1)c1nccs1. The summed E-state index contributed by atoms with van der Waals surface area (Å²) in [7, 11) is 0. The molecule has 1 aromatic heterocycles. The molecule has 2 rings (SSSR count). The number of halogens is 1. The van der Waals surface area contributed by atoms with Gasteiger partial charge in [-0.15, -0.1) is 11.3 Å². The van der Waals surface area contributed by atoms with Gasteiger partial charge in [0.25, 0.3) is 0 Å². The third-order valence-electron chi connectivity index (χ3n) is 2.98. The Kier molecular flexibility index (Phi) is 4.75. The van der Waals surface area contributed by atoms with Crippen LogP contribution >= 0.6 is 22.9 Å². The zero-order valence-electron chi connectivity index (χ0n) is 10.6. The van der Waals surface area contributed by atoms with E-state index in [-0.39, 0.29) is 6.04 Å². The summed E-state index contributed by atoms with van der Waals surface area (Å²) in [5, 5.41) is 7.56. The summed E-state index contributed by atoms with van der Waals surface area (Å²) in [5.41, 5.74) is 1.24. The predicted octanol–water partition coefficient (Wildman–Crippen LogP) is 4.60. The molecular weight excluding hydrogens is 264 g/mol. The standard InChI is InChI=1S/C14H17ClN2S/c1-3-13(14-16-8-9-18-14)17-10(2)11-4-6-12(15)7-5-11/h4-10,13,17H,3H2,1-2H3. The smallest absolute Gasteiger partial charge is 0.109 e. The summed E-state index contributed by atoms with van der Waals surface area (Å²) in [6, 6.07) is 8.59. The molecule has 1 aromatic carbocycles. The number of benzene rings is 1. The topological polar surface area (TPSA) is 24.9 Å². The number of aromatic nitrogens is 1. The summed E-state index contributed by atoms with van der Waals surface area (Å²) in [6.07, 6.45) is 2.89. The normalized spacial score (nSPS) is 14.4. The first-order valence-corrected chi connectivity index (χ1v) is 7.37. The molecule has 2 aromatic rings. The third-order valence-corrected chi connectivity index (χ3v) is 4.12. The Labute approximate surface area is 117 Å². The van der Waals surface area contributed by atoms with Gasteiger partial charge in [-0.1, -0.05) is 30.7 Å². The van der Waals surface area contributed by atoms with Crippen molar-refractivity contribution in [1.82, 2.24) is 10.3 Å². The highest BCUT2D eigenvalue weighted by Gasteiger charge is 2.15. The first-order chi connectivity index (χ1) is 8.70. The van der Waals surface area contributed by atoms with E-state index in [2.05, 4.69) is 36.3 Å². The summed E-state index contributed by atoms with van der Waals surface area (Å²) in [5.74, 6) is 0. The van der Waals surface area contributed by atoms with Crippen molar-refractivity contribution in [3.8, 4) is 0 Å². The van der Waals surface area contributed by atoms with E-state index in [0.29, 0.717) is 6.04 Å². The van der Waals surface area contributed by atoms with E-state index < -0.39 is 0 Å². The average molecular weight is 281 g/mol. The van der Waals surface area contributed by atoms with Gasteiger partial charge in [0.05, 0.1) is 6.04 Å². The molecule has 0 saturated carbocycles. The molecule has 0 saturated heterocycles. The molecule has 0 aliphatic carbocycles. The lowest BCUT2D eigenvalue weighted by molar-refractivity contribution is 0.455. The summed E-state index contributed by atoms with van der Waals surface area (Å²) < 4.78 is 0. The zero-order chi connectivity index (χ0) is 13.0. The van der Waals surface area contributed by atoms with Crippen LogP contribution in [0, 0.1) is 0 Å². The van der Waals surface area contributed by atoms with E-state index in [4.69, 9.17) is 11.6 Å². The van der Waals surface area contributed by atoms with E-state index in [1.165, 1.54) is 5.56 Å². The molecule has 96 valence electrons. The number of nitrogens with one attached hydrogen (secondary N) is 1. The van der Waals surface area contributed by atoms with E-state index in [1.54, 1.807) is 11.3 Å². The van der Waals surface area contributed by atoms with Crippen molar-refractivity contribution in [3.63, 3.8) is 0 Å². The van der Waals surface area contributed by atoms with Crippen LogP contribution in [0.4, 0.5) is 0 Å². The van der Waals surface area contributed by atoms with Gasteiger partial charge in [0.15, 0.2) is 0 Å². The van der Waals surface area contributed by atoms with Crippen LogP contribution in [0.15, 0.2) is 35.8 Å². The fourth-order valence-corrected chi connectivity index (χ4v) is 2.83. The lowest BCUT2D eigenvalue weighted by atomic mass is 10.1. The maximum absolute atomic E-state index is 5.90. The molecule has 1 N–H and O–H groups in total. The molecule has 0 spiro atoms. The van der Waals surface area contributed by atoms with Gasteiger partial charge in [-0.05, 0) is 31.0 Å². The maximum atomic E-state index is 5.90. The first kappa shape index (κ1) is 13.5. The number of hydrogen-bond donors (Lipinski definition) is 1. The number of thiazole rings is 1. The Hall–Kier alpha value is -0.900. The van der Waals surface area contributed by atoms with Crippen molar-refractivity contribution < 1.29 is 0 Å². The summed E-state index contributed by atoms with van der Waals surface area (Å²) in [4.78, 5) is 4.38. The lowest BCUT2D eigenvalue weighted by Crippen LogP contribution is -2.24. The Morgan fingerprint density at radius 2 is 2.06 bits per heavy atom. The molecule has 0 fully saturated rings. The quantitative estimate of drug-likeness (QED) is 0.866. The predicted molar refractivity (Wildman–Crippen MR) is 78.1 cm³/mol. The van der Waals surface area contributed by atoms with Crippen LogP contribution in [0.5, 0.6) is 0 Å². The van der Waals surface area contributed by atoms with Crippen molar-refractivity contribution in [1.29, 1.82) is 0 Å². The van der Waals surface area contributed by atoms with Gasteiger partial charge in [-0.25, -0.2) is 4.98 Å². The number of nitrogens with zero attached hydrogens (tertiary/aromatic N) is 1. The second-order valence-electron chi connectivity index (χ2n) is 4.27. The highest BCUT2D eigenvalue weighted by Crippen LogP contribution is 2.24. The van der Waals surface area contributed by atoms with Gasteiger partial charge in [0.2, 0.25) is 0 Å². The van der Waals surface area contributed by atoms with Gasteiger partial charge < -0.3 is 5.32 Å². The van der Waals surface area contributed by atoms with E-state index in [9.17, 15) is 0 Å². The fraction of sp³-hybridized carbons (Fsp3) is 0.357. The molecule has 0 aliphatic rings. The van der Waals surface area contributed by atoms with Crippen molar-refractivity contribution in [2.75, 3.05) is 0 Å². The Bertz CT molecular complexity index is 467. The minimum absolute atomic E-state index is 0.288. The molecular formula is C14H17ClN2S. The molecule has 1 heterocycles. The monoisotopic (exact) mass is 280 g/mol. The molecule has 18 heavy (non-hydrogen) atoms. The van der Waals surface area contributed by atoms with Crippen LogP contribution in [0.1, 0.15) is 42.9 Å². The van der Waals surface area contributed by atoms with Gasteiger partial charge >= 0.3 is 0 Å². The van der Waals surface area contributed by atoms with Gasteiger partial charge in [0, 0.05) is 22.6 Å². The molecule has 0 radical (unpaired) electrons. The summed E-state index contributed by atoms with van der Waals surface area (Å²) in [6.45, 7) is 4.34. The fourth-order valence-electron chi connectivity index (χ4n) is 1.92. The second kappa shape index (κ2) is 6.32. The van der Waals surface area contributed by atoms with Gasteiger partial charge in [-0.2, -0.15) is 0 Å². The minimum Gasteiger partial charge on any atom is -0.301 e. The molecule has 0 amide bonds. The number of hydrogen-bond acceptors (Lipinski definition) is 3. The van der Waals surface area contributed by atoms with Crippen LogP contribution in [-0.4, -0.2) is 4.98 Å². The zero-order valence-corrected chi connectivity index (χ0v) is 12.1. The molecule has 2 nitrogen and oxygen atoms in total. The lowest BCUT2D eigenvalue weighted by Gasteiger charge is -2.21. The molecule has 4 heteroatoms. The maximum Gasteiger partial charge on any atom is 0.109 e. The first-order valence-electron chi connectivity index (χ1n) is 6.11. The average Bonchev–Trinajstić information content (AvgIpc) is 2.90. The van der Waals surface area contributed by atoms with E-state index in [1.807, 2.05) is 23.7 Å². The van der Waals surface area contributed by atoms with Crippen molar-refractivity contribution in [3.05, 3.63) is 51.4 Å². The van der Waals surface area contributed by atoms with Crippen LogP contribution in [-0.2, 0) is 0 Å². The van der Waals surface area contributed by atoms with Crippen molar-refractivity contribution in [2.24, 2.45) is 0 Å². The molecule has 2 atom stereocenters. The van der Waals surface area contributed by atoms with Gasteiger partial charge in [0.1, 0.15) is 5.01 Å². The van der Waals surface area contributed by atoms with E-state index >= 15 is 0 Å². The molecule has 0 aliphatic heterocycles.